The minimum Gasteiger partial charge on any atom is -0.369 e. The minimum atomic E-state index is 0.352. The number of rotatable bonds is 4. The third kappa shape index (κ3) is 7.66. The number of piperazine rings is 1. The average Bonchev–Trinajstić information content (AvgIpc) is 3.46. The molecule has 2 atom stereocenters. The molecule has 1 aliphatic carbocycles. The molecule has 2 heteroatoms. The van der Waals surface area contributed by atoms with Crippen LogP contribution in [0.15, 0.2) is 60.7 Å². The predicted molar refractivity (Wildman–Crippen MR) is 147 cm³/mol. The lowest BCUT2D eigenvalue weighted by molar-refractivity contribution is 0.204. The van der Waals surface area contributed by atoms with Crippen LogP contribution in [0.25, 0.3) is 0 Å². The molecule has 1 saturated carbocycles. The Labute approximate surface area is 201 Å². The fourth-order valence-corrected chi connectivity index (χ4v) is 4.52. The van der Waals surface area contributed by atoms with Crippen LogP contribution in [-0.2, 0) is 5.41 Å². The topological polar surface area (TPSA) is 6.48 Å². The van der Waals surface area contributed by atoms with E-state index in [9.17, 15) is 0 Å². The summed E-state index contributed by atoms with van der Waals surface area (Å²) in [6, 6.07) is 21.9. The van der Waals surface area contributed by atoms with Crippen LogP contribution in [0.5, 0.6) is 0 Å². The smallest absolute Gasteiger partial charge is 0.0367 e. The van der Waals surface area contributed by atoms with Gasteiger partial charge in [-0.05, 0) is 34.9 Å². The summed E-state index contributed by atoms with van der Waals surface area (Å²) in [6.07, 6.45) is 1.31. The molecule has 2 aromatic rings. The van der Waals surface area contributed by atoms with Gasteiger partial charge in [-0.1, -0.05) is 118 Å². The Bertz CT molecular complexity index is 676. The predicted octanol–water partition coefficient (Wildman–Crippen LogP) is 8.28. The monoisotopic (exact) mass is 440 g/mol. The van der Waals surface area contributed by atoms with Crippen molar-refractivity contribution in [1.82, 2.24) is 4.90 Å². The van der Waals surface area contributed by atoms with E-state index in [2.05, 4.69) is 84.3 Å². The molecule has 2 aliphatic rings. The van der Waals surface area contributed by atoms with Gasteiger partial charge in [-0.25, -0.2) is 0 Å². The molecule has 32 heavy (non-hydrogen) atoms. The summed E-state index contributed by atoms with van der Waals surface area (Å²) in [4.78, 5) is 5.19. The van der Waals surface area contributed by atoms with Crippen LogP contribution in [-0.4, -0.2) is 37.6 Å². The SMILES string of the molecule is CC.CC.CC.CC.CC1(CN2CCN(c3ccccc3)CC2)CC1(C)c1ccccc1. The van der Waals surface area contributed by atoms with Gasteiger partial charge in [-0.2, -0.15) is 0 Å². The molecule has 1 aliphatic heterocycles. The lowest BCUT2D eigenvalue weighted by atomic mass is 9.88. The summed E-state index contributed by atoms with van der Waals surface area (Å²) in [5, 5.41) is 0. The van der Waals surface area contributed by atoms with Crippen molar-refractivity contribution >= 4 is 5.69 Å². The number of para-hydroxylation sites is 1. The summed E-state index contributed by atoms with van der Waals surface area (Å²) in [5.74, 6) is 0. The first kappa shape index (κ1) is 30.2. The van der Waals surface area contributed by atoms with E-state index in [-0.39, 0.29) is 0 Å². The molecule has 2 nitrogen and oxygen atoms in total. The molecule has 2 aromatic carbocycles. The second kappa shape index (κ2) is 15.9. The molecule has 1 heterocycles. The standard InChI is InChI=1S/C22H28N2.4C2H6/c1-21(17-22(21,2)19-9-5-3-6-10-19)18-23-13-15-24(16-14-23)20-11-7-4-8-12-20;4*1-2/h3-12H,13-18H2,1-2H3;4*1-2H3. The minimum absolute atomic E-state index is 0.352. The van der Waals surface area contributed by atoms with E-state index in [0.717, 1.165) is 13.1 Å². The fraction of sp³-hybridized carbons (Fsp3) is 0.600. The molecule has 0 radical (unpaired) electrons. The van der Waals surface area contributed by atoms with Crippen LogP contribution < -0.4 is 4.90 Å². The zero-order chi connectivity index (χ0) is 24.6. The lowest BCUT2D eigenvalue weighted by Gasteiger charge is -2.38. The van der Waals surface area contributed by atoms with Gasteiger partial charge in [0.1, 0.15) is 0 Å². The summed E-state index contributed by atoms with van der Waals surface area (Å²) in [5.41, 5.74) is 3.65. The molecule has 182 valence electrons. The Morgan fingerprint density at radius 2 is 1.06 bits per heavy atom. The van der Waals surface area contributed by atoms with Crippen molar-refractivity contribution in [1.29, 1.82) is 0 Å². The van der Waals surface area contributed by atoms with Crippen molar-refractivity contribution in [2.45, 2.75) is 81.1 Å². The van der Waals surface area contributed by atoms with Crippen molar-refractivity contribution < 1.29 is 0 Å². The molecular weight excluding hydrogens is 388 g/mol. The van der Waals surface area contributed by atoms with E-state index in [1.807, 2.05) is 55.4 Å². The molecule has 0 aromatic heterocycles. The highest BCUT2D eigenvalue weighted by Gasteiger charge is 2.61. The lowest BCUT2D eigenvalue weighted by Crippen LogP contribution is -2.48. The fourth-order valence-electron chi connectivity index (χ4n) is 4.52. The van der Waals surface area contributed by atoms with Gasteiger partial charge in [0, 0.05) is 38.4 Å². The Kier molecular flexibility index (Phi) is 15.0. The zero-order valence-corrected chi connectivity index (χ0v) is 22.9. The largest absolute Gasteiger partial charge is 0.369 e. The number of nitrogens with zero attached hydrogens (tertiary/aromatic N) is 2. The van der Waals surface area contributed by atoms with Crippen LogP contribution >= 0.6 is 0 Å². The first-order valence-electron chi connectivity index (χ1n) is 13.2. The zero-order valence-electron chi connectivity index (χ0n) is 22.9. The number of hydrogen-bond acceptors (Lipinski definition) is 2. The molecule has 0 spiro atoms. The Morgan fingerprint density at radius 3 is 1.53 bits per heavy atom. The van der Waals surface area contributed by atoms with Crippen molar-refractivity contribution in [3.8, 4) is 0 Å². The van der Waals surface area contributed by atoms with Crippen molar-refractivity contribution in [3.05, 3.63) is 66.2 Å². The van der Waals surface area contributed by atoms with Gasteiger partial charge >= 0.3 is 0 Å². The average molecular weight is 441 g/mol. The van der Waals surface area contributed by atoms with Gasteiger partial charge in [0.25, 0.3) is 0 Å². The van der Waals surface area contributed by atoms with E-state index in [0.29, 0.717) is 10.8 Å². The first-order chi connectivity index (χ1) is 15.6. The third-order valence-electron chi connectivity index (χ3n) is 6.43. The van der Waals surface area contributed by atoms with E-state index in [4.69, 9.17) is 0 Å². The molecule has 4 rings (SSSR count). The van der Waals surface area contributed by atoms with Crippen molar-refractivity contribution in [3.63, 3.8) is 0 Å². The Hall–Kier alpha value is -1.80. The highest BCUT2D eigenvalue weighted by molar-refractivity contribution is 5.46. The van der Waals surface area contributed by atoms with E-state index in [1.165, 1.54) is 37.3 Å². The quantitative estimate of drug-likeness (QED) is 0.472. The van der Waals surface area contributed by atoms with Gasteiger partial charge in [-0.3, -0.25) is 4.90 Å². The number of hydrogen-bond donors (Lipinski definition) is 0. The molecule has 0 amide bonds. The van der Waals surface area contributed by atoms with Crippen LogP contribution in [0.1, 0.15) is 81.2 Å². The van der Waals surface area contributed by atoms with Crippen LogP contribution in [0.2, 0.25) is 0 Å². The van der Waals surface area contributed by atoms with E-state index >= 15 is 0 Å². The molecule has 2 unspecified atom stereocenters. The van der Waals surface area contributed by atoms with Gasteiger partial charge in [0.15, 0.2) is 0 Å². The highest BCUT2D eigenvalue weighted by Crippen LogP contribution is 2.64. The van der Waals surface area contributed by atoms with E-state index < -0.39 is 0 Å². The van der Waals surface area contributed by atoms with Gasteiger partial charge < -0.3 is 4.90 Å². The molecule has 0 bridgehead atoms. The van der Waals surface area contributed by atoms with Crippen LogP contribution in [0, 0.1) is 5.41 Å². The molecular formula is C30H52N2. The number of benzene rings is 2. The Morgan fingerprint density at radius 1 is 0.625 bits per heavy atom. The highest BCUT2D eigenvalue weighted by atomic mass is 15.3. The molecule has 1 saturated heterocycles. The second-order valence-electron chi connectivity index (χ2n) is 8.03. The normalized spacial score (nSPS) is 23.5. The maximum atomic E-state index is 2.67. The Balaban J connectivity index is 0.00000109. The first-order valence-corrected chi connectivity index (χ1v) is 13.2. The third-order valence-corrected chi connectivity index (χ3v) is 6.43. The van der Waals surface area contributed by atoms with E-state index in [1.54, 1.807) is 0 Å². The van der Waals surface area contributed by atoms with Crippen LogP contribution in [0.3, 0.4) is 0 Å². The maximum absolute atomic E-state index is 2.67. The summed E-state index contributed by atoms with van der Waals surface area (Å²) in [6.45, 7) is 26.8. The van der Waals surface area contributed by atoms with Gasteiger partial charge in [0.05, 0.1) is 0 Å². The van der Waals surface area contributed by atoms with Gasteiger partial charge in [0.2, 0.25) is 0 Å². The second-order valence-corrected chi connectivity index (χ2v) is 8.03. The molecule has 2 fully saturated rings. The van der Waals surface area contributed by atoms with Gasteiger partial charge in [-0.15, -0.1) is 0 Å². The maximum Gasteiger partial charge on any atom is 0.0367 e. The summed E-state index contributed by atoms with van der Waals surface area (Å²) < 4.78 is 0. The summed E-state index contributed by atoms with van der Waals surface area (Å²) in [7, 11) is 0. The summed E-state index contributed by atoms with van der Waals surface area (Å²) >= 11 is 0. The van der Waals surface area contributed by atoms with Crippen LogP contribution in [0.4, 0.5) is 5.69 Å². The van der Waals surface area contributed by atoms with Crippen molar-refractivity contribution in [2.24, 2.45) is 5.41 Å². The van der Waals surface area contributed by atoms with Crippen molar-refractivity contribution in [2.75, 3.05) is 37.6 Å². The molecule has 0 N–H and O–H groups in total. The number of anilines is 1.